The maximum absolute atomic E-state index is 15.4. The molecular weight excluding hydrogens is 969 g/mol. The second-order valence-electron chi connectivity index (χ2n) is 18.0. The van der Waals surface area contributed by atoms with Crippen LogP contribution in [0.5, 0.6) is 0 Å². The molecule has 0 fully saturated rings. The molecule has 0 spiro atoms. The van der Waals surface area contributed by atoms with E-state index in [0.29, 0.717) is 11.8 Å². The van der Waals surface area contributed by atoms with Crippen LogP contribution in [-0.2, 0) is 26.2 Å². The molecule has 13 heteroatoms. The first-order chi connectivity index (χ1) is 30.7. The monoisotopic (exact) mass is 1020 g/mol. The minimum absolute atomic E-state index is 0. The van der Waals surface area contributed by atoms with E-state index in [1.54, 1.807) is 6.92 Å². The van der Waals surface area contributed by atoms with Gasteiger partial charge in [-0.3, -0.25) is 6.08 Å². The predicted molar refractivity (Wildman–Crippen MR) is 255 cm³/mol. The molecule has 5 aromatic rings. The van der Waals surface area contributed by atoms with Crippen LogP contribution in [0.15, 0.2) is 53.1 Å². The first kappa shape index (κ1) is 57.2. The molecule has 0 aliphatic heterocycles. The minimum Gasteiger partial charge on any atom is 2.00 e. The topological polar surface area (TPSA) is 0 Å². The molecule has 0 bridgehead atoms. The smallest absolute Gasteiger partial charge is 2.00 e. The molecule has 0 heterocycles. The van der Waals surface area contributed by atoms with Crippen molar-refractivity contribution in [1.29, 1.82) is 0 Å². The molecule has 0 saturated heterocycles. The summed E-state index contributed by atoms with van der Waals surface area (Å²) in [6.45, 7) is 29.0. The fourth-order valence-corrected chi connectivity index (χ4v) is 9.43. The number of hydrogen-bond donors (Lipinski definition) is 0. The summed E-state index contributed by atoms with van der Waals surface area (Å²) < 4.78 is 147. The largest absolute Gasteiger partial charge is 2.00 e. The van der Waals surface area contributed by atoms with Crippen molar-refractivity contribution in [2.45, 2.75) is 127 Å². The molecule has 6 rings (SSSR count). The Bertz CT molecular complexity index is 2780. The maximum Gasteiger partial charge on any atom is 2.00 e. The van der Waals surface area contributed by atoms with Crippen LogP contribution in [0.3, 0.4) is 0 Å². The van der Waals surface area contributed by atoms with Crippen molar-refractivity contribution < 1.29 is 70.1 Å². The van der Waals surface area contributed by atoms with E-state index in [1.165, 1.54) is 65.4 Å². The normalized spacial score (nSPS) is 13.2. The molecule has 67 heavy (non-hydrogen) atoms. The second-order valence-corrected chi connectivity index (χ2v) is 20.5. The van der Waals surface area contributed by atoms with E-state index in [4.69, 9.17) is 7.49 Å². The Morgan fingerprint density at radius 2 is 1.10 bits per heavy atom. The zero-order valence-corrected chi connectivity index (χ0v) is 44.2. The molecule has 1 radical (unpaired) electrons. The molecule has 1 aliphatic carbocycles. The number of fused-ring (bicyclic) bond motifs is 2. The summed E-state index contributed by atoms with van der Waals surface area (Å²) in [7, 11) is 5.15. The van der Waals surface area contributed by atoms with Gasteiger partial charge < -0.3 is 0 Å². The van der Waals surface area contributed by atoms with E-state index in [-0.39, 0.29) is 59.5 Å². The molecule has 0 aromatic heterocycles. The van der Waals surface area contributed by atoms with Gasteiger partial charge in [-0.05, 0) is 11.8 Å². The number of hydrogen-bond acceptors (Lipinski definition) is 0. The van der Waals surface area contributed by atoms with Crippen molar-refractivity contribution in [3.8, 4) is 11.1 Å². The van der Waals surface area contributed by atoms with Gasteiger partial charge in [0.05, 0.1) is 0 Å². The third-order valence-corrected chi connectivity index (χ3v) is 13.2. The van der Waals surface area contributed by atoms with Crippen molar-refractivity contribution >= 4 is 43.4 Å². The first-order valence-electron chi connectivity index (χ1n) is 21.7. The summed E-state index contributed by atoms with van der Waals surface area (Å²) in [4.78, 5) is 0. The van der Waals surface area contributed by atoms with E-state index >= 15 is 17.6 Å². The van der Waals surface area contributed by atoms with Crippen LogP contribution >= 0.6 is 0 Å². The molecule has 0 saturated carbocycles. The van der Waals surface area contributed by atoms with Gasteiger partial charge in [0.15, 0.2) is 0 Å². The van der Waals surface area contributed by atoms with Gasteiger partial charge in [-0.15, -0.1) is 42.3 Å². The predicted octanol–water partition coefficient (Wildman–Crippen LogP) is 16.5. The van der Waals surface area contributed by atoms with Crippen LogP contribution in [0.4, 0.5) is 43.9 Å². The number of allylic oxidation sites excluding steroid dienone is 5. The van der Waals surface area contributed by atoms with E-state index in [2.05, 4.69) is 84.9 Å². The maximum atomic E-state index is 15.4. The van der Waals surface area contributed by atoms with Gasteiger partial charge in [-0.1, -0.05) is 65.7 Å². The van der Waals surface area contributed by atoms with Crippen molar-refractivity contribution in [3.63, 3.8) is 0 Å². The first-order valence-corrected chi connectivity index (χ1v) is 24.3. The minimum atomic E-state index is -2.40. The molecular formula is C54H56BF10SiZr. The Balaban J connectivity index is 0.000000388. The summed E-state index contributed by atoms with van der Waals surface area (Å²) in [5.74, 6) is -22.6. The van der Waals surface area contributed by atoms with Gasteiger partial charge in [0.25, 0.3) is 0 Å². The van der Waals surface area contributed by atoms with Crippen molar-refractivity contribution in [2.75, 3.05) is 0 Å². The van der Waals surface area contributed by atoms with Crippen molar-refractivity contribution in [1.82, 2.24) is 0 Å². The second kappa shape index (κ2) is 23.0. The number of benzene rings is 4. The zero-order chi connectivity index (χ0) is 50.1. The van der Waals surface area contributed by atoms with Crippen molar-refractivity contribution in [2.24, 2.45) is 0 Å². The number of rotatable bonds is 8. The summed E-state index contributed by atoms with van der Waals surface area (Å²) in [5.41, 5.74) is 4.63. The molecule has 1 unspecified atom stereocenters. The van der Waals surface area contributed by atoms with Gasteiger partial charge in [-0.25, -0.2) is 11.1 Å². The number of halogens is 10. The van der Waals surface area contributed by atoms with Crippen LogP contribution in [0.2, 0.25) is 13.1 Å². The molecule has 0 amide bonds. The third kappa shape index (κ3) is 11.4. The zero-order valence-electron chi connectivity index (χ0n) is 40.7. The Labute approximate surface area is 411 Å². The molecule has 1 atom stereocenters. The van der Waals surface area contributed by atoms with E-state index < -0.39 is 101 Å². The summed E-state index contributed by atoms with van der Waals surface area (Å²) in [5, 5.41) is 2.85. The van der Waals surface area contributed by atoms with E-state index in [9.17, 15) is 26.3 Å². The summed E-state index contributed by atoms with van der Waals surface area (Å²) in [6.07, 6.45) is 5.15. The SMILES string of the molecule is C[C-]=C(C)C(C)=CC.Cc1cc2c(C(C)C)cc(C(C)C)cc2[cH-]1.[B]=C1C(C)=C(c2c(F)c(F)c(F)c(F)c2F)c2c1cc(C(C)C=[Si](C)C)c(-c1c(F)c(F)c(F)c(F)c1F)c2C(C)C.[Zr+2]. The summed E-state index contributed by atoms with van der Waals surface area (Å²) in [6, 6.07) is 10.6. The summed E-state index contributed by atoms with van der Waals surface area (Å²) >= 11 is 0. The fourth-order valence-electron chi connectivity index (χ4n) is 8.25. The number of aryl methyl sites for hydroxylation is 1. The Kier molecular flexibility index (Phi) is 19.7. The third-order valence-electron chi connectivity index (χ3n) is 12.0. The fraction of sp³-hybridized carbons (Fsp3) is 0.352. The van der Waals surface area contributed by atoms with Crippen LogP contribution in [0.1, 0.15) is 151 Å². The van der Waals surface area contributed by atoms with Gasteiger partial charge in [-0.2, -0.15) is 12.1 Å². The molecule has 5 aromatic carbocycles. The average Bonchev–Trinajstić information content (AvgIpc) is 3.76. The van der Waals surface area contributed by atoms with E-state index in [1.807, 2.05) is 32.6 Å². The Morgan fingerprint density at radius 3 is 1.51 bits per heavy atom. The van der Waals surface area contributed by atoms with Crippen LogP contribution < -0.4 is 0 Å². The molecule has 0 nitrogen and oxygen atoms in total. The molecule has 1 aliphatic rings. The van der Waals surface area contributed by atoms with Gasteiger partial charge in [0.2, 0.25) is 0 Å². The Morgan fingerprint density at radius 1 is 0.627 bits per heavy atom. The van der Waals surface area contributed by atoms with Gasteiger partial charge in [0, 0.05) is 0 Å². The molecule has 0 N–H and O–H groups in total. The van der Waals surface area contributed by atoms with Crippen LogP contribution in [0, 0.1) is 71.2 Å². The van der Waals surface area contributed by atoms with Gasteiger partial charge >= 0.3 is 264 Å². The molecule has 353 valence electrons. The Hall–Kier alpha value is -4.09. The van der Waals surface area contributed by atoms with Crippen molar-refractivity contribution in [3.05, 3.63) is 162 Å². The van der Waals surface area contributed by atoms with Crippen LogP contribution in [0.25, 0.3) is 27.5 Å². The average molecular weight is 1030 g/mol. The quantitative estimate of drug-likeness (QED) is 0.0363. The van der Waals surface area contributed by atoms with Gasteiger partial charge in [0.1, 0.15) is 0 Å². The van der Waals surface area contributed by atoms with E-state index in [0.717, 1.165) is 0 Å². The standard InChI is InChI=1S/C30H22BF10Si.C16H21.C8H13.Zr/c1-9(2)14-16(19-23(34)27(38)30(41)28(39)24(19)35)12(10(3)8-42(5)6)7-13-17(14)15(11(4)20(13)31)18-21(32)25(36)29(40)26(37)22(18)33;1-10(2)13-8-14-6-12(5)7-16(14)15(9-13)11(3)4;1-5-7(3)8(4)6-2;/h7-10H,1-6H3;6-11H,1-5H3;5H,1-4H3;/q;2*-1;+2. The van der Waals surface area contributed by atoms with Crippen LogP contribution in [-0.4, -0.2) is 27.0 Å².